The topological polar surface area (TPSA) is 12.0 Å². The van der Waals surface area contributed by atoms with E-state index < -0.39 is 0 Å². The van der Waals surface area contributed by atoms with Crippen LogP contribution >= 0.6 is 27.3 Å². The highest BCUT2D eigenvalue weighted by Crippen LogP contribution is 2.34. The van der Waals surface area contributed by atoms with Crippen molar-refractivity contribution < 1.29 is 0 Å². The van der Waals surface area contributed by atoms with E-state index in [1.165, 1.54) is 30.6 Å². The first-order valence-electron chi connectivity index (χ1n) is 7.17. The highest BCUT2D eigenvalue weighted by atomic mass is 79.9. The van der Waals surface area contributed by atoms with Crippen molar-refractivity contribution in [2.24, 2.45) is 0 Å². The van der Waals surface area contributed by atoms with Gasteiger partial charge in [-0.3, -0.25) is 0 Å². The van der Waals surface area contributed by atoms with Gasteiger partial charge >= 0.3 is 0 Å². The molecule has 2 aromatic carbocycles. The summed E-state index contributed by atoms with van der Waals surface area (Å²) in [5, 5.41) is 6.21. The Bertz CT molecular complexity index is 763. The molecule has 1 N–H and O–H groups in total. The van der Waals surface area contributed by atoms with Crippen molar-refractivity contribution in [3.63, 3.8) is 0 Å². The zero-order valence-electron chi connectivity index (χ0n) is 12.2. The van der Waals surface area contributed by atoms with Crippen LogP contribution in [0.1, 0.15) is 29.0 Å². The van der Waals surface area contributed by atoms with Gasteiger partial charge < -0.3 is 5.32 Å². The molecule has 1 nitrogen and oxygen atoms in total. The summed E-state index contributed by atoms with van der Waals surface area (Å²) in [6.07, 6.45) is 0. The Morgan fingerprint density at radius 1 is 1.10 bits per heavy atom. The van der Waals surface area contributed by atoms with Crippen LogP contribution in [0.5, 0.6) is 0 Å². The van der Waals surface area contributed by atoms with E-state index in [2.05, 4.69) is 83.6 Å². The fourth-order valence-electron chi connectivity index (χ4n) is 2.74. The van der Waals surface area contributed by atoms with Gasteiger partial charge in [0.05, 0.1) is 9.83 Å². The Morgan fingerprint density at radius 3 is 2.52 bits per heavy atom. The smallest absolute Gasteiger partial charge is 0.0704 e. The van der Waals surface area contributed by atoms with Crippen LogP contribution in [-0.4, -0.2) is 6.54 Å². The van der Waals surface area contributed by atoms with E-state index in [0.717, 1.165) is 6.54 Å². The van der Waals surface area contributed by atoms with Crippen molar-refractivity contribution in [2.75, 3.05) is 6.54 Å². The van der Waals surface area contributed by atoms with E-state index in [1.807, 2.05) is 0 Å². The van der Waals surface area contributed by atoms with Crippen LogP contribution in [0.15, 0.2) is 52.3 Å². The quantitative estimate of drug-likeness (QED) is 0.632. The summed E-state index contributed by atoms with van der Waals surface area (Å²) in [4.78, 5) is 1.36. The first-order chi connectivity index (χ1) is 10.2. The number of halogens is 1. The van der Waals surface area contributed by atoms with Gasteiger partial charge in [0.1, 0.15) is 0 Å². The summed E-state index contributed by atoms with van der Waals surface area (Å²) in [7, 11) is 0. The predicted molar refractivity (Wildman–Crippen MR) is 96.2 cm³/mol. The fourth-order valence-corrected chi connectivity index (χ4v) is 4.49. The lowest BCUT2D eigenvalue weighted by atomic mass is 9.96. The van der Waals surface area contributed by atoms with Gasteiger partial charge in [-0.2, -0.15) is 0 Å². The summed E-state index contributed by atoms with van der Waals surface area (Å²) in [6.45, 7) is 5.30. The number of benzene rings is 2. The Hall–Kier alpha value is -1.16. The molecule has 0 aliphatic rings. The molecule has 1 aromatic heterocycles. The van der Waals surface area contributed by atoms with E-state index in [1.54, 1.807) is 11.3 Å². The van der Waals surface area contributed by atoms with E-state index in [0.29, 0.717) is 0 Å². The number of nitrogens with one attached hydrogen (secondary N) is 1. The Labute approximate surface area is 138 Å². The molecule has 3 rings (SSSR count). The average molecular weight is 360 g/mol. The molecular formula is C18H18BrNS. The van der Waals surface area contributed by atoms with E-state index in [-0.39, 0.29) is 6.04 Å². The van der Waals surface area contributed by atoms with Gasteiger partial charge in [-0.25, -0.2) is 0 Å². The monoisotopic (exact) mass is 359 g/mol. The molecule has 0 saturated carbocycles. The maximum atomic E-state index is 3.62. The average Bonchev–Trinajstić information content (AvgIpc) is 2.83. The molecule has 3 aromatic rings. The molecule has 21 heavy (non-hydrogen) atoms. The summed E-state index contributed by atoms with van der Waals surface area (Å²) >= 11 is 5.40. The number of fused-ring (bicyclic) bond motifs is 1. The molecule has 1 heterocycles. The molecule has 3 heteroatoms. The molecule has 108 valence electrons. The number of hydrogen-bond acceptors (Lipinski definition) is 2. The second-order valence-electron chi connectivity index (χ2n) is 5.16. The molecule has 0 fully saturated rings. The van der Waals surface area contributed by atoms with Gasteiger partial charge in [0, 0.05) is 4.88 Å². The molecule has 0 aliphatic heterocycles. The second kappa shape index (κ2) is 6.30. The van der Waals surface area contributed by atoms with Crippen LogP contribution in [-0.2, 0) is 0 Å². The lowest BCUT2D eigenvalue weighted by Gasteiger charge is -2.19. The summed E-state index contributed by atoms with van der Waals surface area (Å²) in [6, 6.07) is 17.8. The molecule has 0 radical (unpaired) electrons. The minimum Gasteiger partial charge on any atom is -0.306 e. The SMILES string of the molecule is CCNC(c1ccc2ccccc2c1)c1cc(Br)sc1C. The van der Waals surface area contributed by atoms with Crippen LogP contribution in [0, 0.1) is 6.92 Å². The standard InChI is InChI=1S/C18H18BrNS/c1-3-20-18(16-11-17(19)21-12(16)2)15-9-8-13-6-4-5-7-14(13)10-15/h4-11,18,20H,3H2,1-2H3. The van der Waals surface area contributed by atoms with Gasteiger partial charge in [-0.05, 0) is 63.4 Å². The maximum absolute atomic E-state index is 3.62. The van der Waals surface area contributed by atoms with Gasteiger partial charge in [0.15, 0.2) is 0 Å². The zero-order chi connectivity index (χ0) is 14.8. The van der Waals surface area contributed by atoms with E-state index >= 15 is 0 Å². The molecule has 0 bridgehead atoms. The minimum atomic E-state index is 0.252. The maximum Gasteiger partial charge on any atom is 0.0704 e. The van der Waals surface area contributed by atoms with Crippen LogP contribution in [0.3, 0.4) is 0 Å². The molecule has 1 unspecified atom stereocenters. The summed E-state index contributed by atoms with van der Waals surface area (Å²) in [5.74, 6) is 0. The van der Waals surface area contributed by atoms with Crippen molar-refractivity contribution in [1.82, 2.24) is 5.32 Å². The summed E-state index contributed by atoms with van der Waals surface area (Å²) < 4.78 is 1.19. The lowest BCUT2D eigenvalue weighted by Crippen LogP contribution is -2.22. The highest BCUT2D eigenvalue weighted by Gasteiger charge is 2.17. The normalized spacial score (nSPS) is 12.7. The summed E-state index contributed by atoms with van der Waals surface area (Å²) in [5.41, 5.74) is 2.69. The zero-order valence-corrected chi connectivity index (χ0v) is 14.6. The Morgan fingerprint density at radius 2 is 1.86 bits per heavy atom. The van der Waals surface area contributed by atoms with Gasteiger partial charge in [-0.15, -0.1) is 11.3 Å². The van der Waals surface area contributed by atoms with Crippen molar-refractivity contribution in [3.8, 4) is 0 Å². The van der Waals surface area contributed by atoms with Crippen molar-refractivity contribution in [2.45, 2.75) is 19.9 Å². The Balaban J connectivity index is 2.08. The molecule has 0 saturated heterocycles. The fraction of sp³-hybridized carbons (Fsp3) is 0.222. The largest absolute Gasteiger partial charge is 0.306 e. The van der Waals surface area contributed by atoms with Gasteiger partial charge in [-0.1, -0.05) is 43.3 Å². The van der Waals surface area contributed by atoms with Crippen molar-refractivity contribution >= 4 is 38.0 Å². The van der Waals surface area contributed by atoms with Crippen molar-refractivity contribution in [1.29, 1.82) is 0 Å². The number of rotatable bonds is 4. The van der Waals surface area contributed by atoms with Crippen LogP contribution in [0.2, 0.25) is 0 Å². The molecule has 1 atom stereocenters. The lowest BCUT2D eigenvalue weighted by molar-refractivity contribution is 0.630. The second-order valence-corrected chi connectivity index (χ2v) is 7.79. The van der Waals surface area contributed by atoms with Crippen LogP contribution in [0.25, 0.3) is 10.8 Å². The van der Waals surface area contributed by atoms with Gasteiger partial charge in [0.25, 0.3) is 0 Å². The van der Waals surface area contributed by atoms with Crippen LogP contribution < -0.4 is 5.32 Å². The Kier molecular flexibility index (Phi) is 4.43. The minimum absolute atomic E-state index is 0.252. The third-order valence-corrected chi connectivity index (χ3v) is 5.32. The third kappa shape index (κ3) is 3.05. The first kappa shape index (κ1) is 14.8. The molecule has 0 aliphatic carbocycles. The molecule has 0 spiro atoms. The first-order valence-corrected chi connectivity index (χ1v) is 8.78. The number of hydrogen-bond donors (Lipinski definition) is 1. The van der Waals surface area contributed by atoms with Gasteiger partial charge in [0.2, 0.25) is 0 Å². The number of thiophene rings is 1. The van der Waals surface area contributed by atoms with Crippen molar-refractivity contribution in [3.05, 3.63) is 68.3 Å². The molecular weight excluding hydrogens is 342 g/mol. The third-order valence-electron chi connectivity index (χ3n) is 3.75. The van der Waals surface area contributed by atoms with E-state index in [9.17, 15) is 0 Å². The highest BCUT2D eigenvalue weighted by molar-refractivity contribution is 9.11. The predicted octanol–water partition coefficient (Wildman–Crippen LogP) is 5.67. The van der Waals surface area contributed by atoms with Crippen LogP contribution in [0.4, 0.5) is 0 Å². The molecule has 0 amide bonds. The number of aryl methyl sites for hydroxylation is 1. The van der Waals surface area contributed by atoms with E-state index in [4.69, 9.17) is 0 Å².